The molecule has 0 bridgehead atoms. The van der Waals surface area contributed by atoms with E-state index in [1.54, 1.807) is 4.90 Å². The van der Waals surface area contributed by atoms with Crippen LogP contribution in [0, 0.1) is 5.92 Å². The summed E-state index contributed by atoms with van der Waals surface area (Å²) in [6.07, 6.45) is 0.448. The Hall–Kier alpha value is -1.22. The van der Waals surface area contributed by atoms with Crippen LogP contribution in [0.15, 0.2) is 24.3 Å². The highest BCUT2D eigenvalue weighted by Gasteiger charge is 2.10. The van der Waals surface area contributed by atoms with Crippen LogP contribution in [-0.4, -0.2) is 24.4 Å². The van der Waals surface area contributed by atoms with Gasteiger partial charge in [0.15, 0.2) is 0 Å². The largest absolute Gasteiger partial charge is 0.399 e. The summed E-state index contributed by atoms with van der Waals surface area (Å²) in [4.78, 5) is 13.6. The fourth-order valence-corrected chi connectivity index (χ4v) is 1.59. The van der Waals surface area contributed by atoms with Gasteiger partial charge in [0.25, 0.3) is 0 Å². The zero-order valence-corrected chi connectivity index (χ0v) is 11.5. The van der Waals surface area contributed by atoms with Crippen LogP contribution in [0.2, 0.25) is 0 Å². The second-order valence-corrected chi connectivity index (χ2v) is 4.59. The Morgan fingerprint density at radius 1 is 1.29 bits per heavy atom. The lowest BCUT2D eigenvalue weighted by atomic mass is 10.1. The van der Waals surface area contributed by atoms with Gasteiger partial charge in [-0.25, -0.2) is 0 Å². The minimum absolute atomic E-state index is 0. The number of hydrogen-bond donors (Lipinski definition) is 1. The van der Waals surface area contributed by atoms with E-state index in [0.717, 1.165) is 17.8 Å². The van der Waals surface area contributed by atoms with Gasteiger partial charge in [0.05, 0.1) is 6.42 Å². The molecule has 0 saturated carbocycles. The summed E-state index contributed by atoms with van der Waals surface area (Å²) < 4.78 is 0. The highest BCUT2D eigenvalue weighted by Crippen LogP contribution is 2.07. The monoisotopic (exact) mass is 256 g/mol. The average molecular weight is 257 g/mol. The molecule has 0 radical (unpaired) electrons. The van der Waals surface area contributed by atoms with Crippen LogP contribution >= 0.6 is 12.4 Å². The molecule has 0 aliphatic rings. The number of amides is 1. The number of carbonyl (C=O) groups excluding carboxylic acids is 1. The minimum Gasteiger partial charge on any atom is -0.399 e. The molecule has 0 atom stereocenters. The molecular weight excluding hydrogens is 236 g/mol. The van der Waals surface area contributed by atoms with Crippen LogP contribution in [0.1, 0.15) is 19.4 Å². The van der Waals surface area contributed by atoms with E-state index in [-0.39, 0.29) is 18.3 Å². The molecule has 0 heterocycles. The quantitative estimate of drug-likeness (QED) is 0.841. The first-order chi connectivity index (χ1) is 7.49. The lowest BCUT2D eigenvalue weighted by molar-refractivity contribution is -0.129. The number of nitrogens with two attached hydrogens (primary N) is 1. The molecule has 96 valence electrons. The number of nitrogens with zero attached hydrogens (tertiary/aromatic N) is 1. The third-order valence-corrected chi connectivity index (χ3v) is 2.40. The summed E-state index contributed by atoms with van der Waals surface area (Å²) in [5.41, 5.74) is 7.33. The van der Waals surface area contributed by atoms with Gasteiger partial charge in [-0.1, -0.05) is 26.0 Å². The van der Waals surface area contributed by atoms with E-state index >= 15 is 0 Å². The first-order valence-electron chi connectivity index (χ1n) is 5.57. The van der Waals surface area contributed by atoms with Crippen molar-refractivity contribution in [2.24, 2.45) is 5.92 Å². The molecular formula is C13H21ClN2O. The fourth-order valence-electron chi connectivity index (χ4n) is 1.59. The van der Waals surface area contributed by atoms with Crippen LogP contribution < -0.4 is 5.73 Å². The Kier molecular flexibility index (Phi) is 6.66. The van der Waals surface area contributed by atoms with Crippen molar-refractivity contribution >= 4 is 24.0 Å². The van der Waals surface area contributed by atoms with Crippen molar-refractivity contribution in [3.63, 3.8) is 0 Å². The normalized spacial score (nSPS) is 9.88. The summed E-state index contributed by atoms with van der Waals surface area (Å²) in [5, 5.41) is 0. The number of rotatable bonds is 4. The van der Waals surface area contributed by atoms with E-state index in [9.17, 15) is 4.79 Å². The standard InChI is InChI=1S/C13H20N2O.ClH/c1-10(2)9-15(3)13(16)8-11-4-6-12(14)7-5-11;/h4-7,10H,8-9,14H2,1-3H3;1H. The molecule has 0 unspecified atom stereocenters. The number of benzene rings is 1. The Balaban J connectivity index is 0.00000256. The van der Waals surface area contributed by atoms with E-state index in [1.165, 1.54) is 0 Å². The van der Waals surface area contributed by atoms with E-state index in [1.807, 2.05) is 31.3 Å². The van der Waals surface area contributed by atoms with E-state index < -0.39 is 0 Å². The highest BCUT2D eigenvalue weighted by atomic mass is 35.5. The SMILES string of the molecule is CC(C)CN(C)C(=O)Cc1ccc(N)cc1.Cl. The molecule has 0 aliphatic heterocycles. The van der Waals surface area contributed by atoms with E-state index in [2.05, 4.69) is 13.8 Å². The summed E-state index contributed by atoms with van der Waals surface area (Å²) in [5.74, 6) is 0.652. The van der Waals surface area contributed by atoms with Crippen molar-refractivity contribution in [2.45, 2.75) is 20.3 Å². The van der Waals surface area contributed by atoms with Gasteiger partial charge in [-0.2, -0.15) is 0 Å². The Bertz CT molecular complexity index is 349. The van der Waals surface area contributed by atoms with Crippen LogP contribution in [0.5, 0.6) is 0 Å². The number of carbonyl (C=O) groups is 1. The third-order valence-electron chi connectivity index (χ3n) is 2.40. The molecule has 1 aromatic rings. The van der Waals surface area contributed by atoms with Crippen molar-refractivity contribution in [1.29, 1.82) is 0 Å². The summed E-state index contributed by atoms with van der Waals surface area (Å²) >= 11 is 0. The predicted molar refractivity (Wildman–Crippen MR) is 74.3 cm³/mol. The number of anilines is 1. The molecule has 1 rings (SSSR count). The van der Waals surface area contributed by atoms with Crippen LogP contribution in [0.25, 0.3) is 0 Å². The molecule has 0 aliphatic carbocycles. The van der Waals surface area contributed by atoms with Crippen LogP contribution in [0.3, 0.4) is 0 Å². The molecule has 0 spiro atoms. The Labute approximate surface area is 109 Å². The summed E-state index contributed by atoms with van der Waals surface area (Å²) in [6, 6.07) is 7.45. The highest BCUT2D eigenvalue weighted by molar-refractivity contribution is 5.85. The first kappa shape index (κ1) is 15.8. The number of halogens is 1. The van der Waals surface area contributed by atoms with Crippen molar-refractivity contribution in [3.8, 4) is 0 Å². The van der Waals surface area contributed by atoms with Gasteiger partial charge in [-0.15, -0.1) is 12.4 Å². The average Bonchev–Trinajstić information content (AvgIpc) is 2.20. The molecule has 0 aromatic heterocycles. The van der Waals surface area contributed by atoms with Crippen LogP contribution in [-0.2, 0) is 11.2 Å². The van der Waals surface area contributed by atoms with Crippen molar-refractivity contribution in [3.05, 3.63) is 29.8 Å². The first-order valence-corrected chi connectivity index (χ1v) is 5.57. The predicted octanol–water partition coefficient (Wildman–Crippen LogP) is 2.35. The molecule has 2 N–H and O–H groups in total. The molecule has 17 heavy (non-hydrogen) atoms. The van der Waals surface area contributed by atoms with E-state index in [4.69, 9.17) is 5.73 Å². The molecule has 4 heteroatoms. The van der Waals surface area contributed by atoms with Gasteiger partial charge in [0.1, 0.15) is 0 Å². The number of hydrogen-bond acceptors (Lipinski definition) is 2. The third kappa shape index (κ3) is 5.59. The maximum absolute atomic E-state index is 11.8. The van der Waals surface area contributed by atoms with Gasteiger partial charge in [-0.3, -0.25) is 4.79 Å². The molecule has 0 fully saturated rings. The Morgan fingerprint density at radius 2 is 1.82 bits per heavy atom. The fraction of sp³-hybridized carbons (Fsp3) is 0.462. The van der Waals surface area contributed by atoms with Gasteiger partial charge < -0.3 is 10.6 Å². The summed E-state index contributed by atoms with van der Waals surface area (Å²) in [7, 11) is 1.85. The molecule has 1 amide bonds. The van der Waals surface area contributed by atoms with Gasteiger partial charge in [0.2, 0.25) is 5.91 Å². The molecule has 1 aromatic carbocycles. The van der Waals surface area contributed by atoms with Gasteiger partial charge >= 0.3 is 0 Å². The topological polar surface area (TPSA) is 46.3 Å². The maximum Gasteiger partial charge on any atom is 0.226 e. The Morgan fingerprint density at radius 3 is 2.29 bits per heavy atom. The van der Waals surface area contributed by atoms with E-state index in [0.29, 0.717) is 12.3 Å². The molecule has 0 saturated heterocycles. The number of likely N-dealkylation sites (N-methyl/N-ethyl adjacent to an activating group) is 1. The van der Waals surface area contributed by atoms with Crippen molar-refractivity contribution in [2.75, 3.05) is 19.3 Å². The van der Waals surface area contributed by atoms with Gasteiger partial charge in [0, 0.05) is 19.3 Å². The minimum atomic E-state index is 0. The smallest absolute Gasteiger partial charge is 0.226 e. The zero-order valence-electron chi connectivity index (χ0n) is 10.6. The maximum atomic E-state index is 11.8. The lowest BCUT2D eigenvalue weighted by Gasteiger charge is -2.19. The van der Waals surface area contributed by atoms with Crippen LogP contribution in [0.4, 0.5) is 5.69 Å². The van der Waals surface area contributed by atoms with Gasteiger partial charge in [-0.05, 0) is 23.6 Å². The van der Waals surface area contributed by atoms with Crippen molar-refractivity contribution in [1.82, 2.24) is 4.90 Å². The lowest BCUT2D eigenvalue weighted by Crippen LogP contribution is -2.31. The number of nitrogen functional groups attached to an aromatic ring is 1. The summed E-state index contributed by atoms with van der Waals surface area (Å²) in [6.45, 7) is 5.01. The second kappa shape index (κ2) is 7.17. The zero-order chi connectivity index (χ0) is 12.1. The van der Waals surface area contributed by atoms with Crippen molar-refractivity contribution < 1.29 is 4.79 Å². The molecule has 3 nitrogen and oxygen atoms in total. The second-order valence-electron chi connectivity index (χ2n) is 4.59.